The number of nitrogens with two attached hydrogens (primary N) is 1. The number of nitrogens with zero attached hydrogens (tertiary/aromatic N) is 3. The van der Waals surface area contributed by atoms with Crippen LogP contribution in [0.2, 0.25) is 5.02 Å². The van der Waals surface area contributed by atoms with Gasteiger partial charge in [-0.15, -0.1) is 12.4 Å². The van der Waals surface area contributed by atoms with E-state index >= 15 is 0 Å². The Hall–Kier alpha value is -1.92. The molecule has 0 saturated carbocycles. The Morgan fingerprint density at radius 3 is 2.48 bits per heavy atom. The Balaban J connectivity index is 0.00000261. The third-order valence-corrected chi connectivity index (χ3v) is 4.43. The Morgan fingerprint density at radius 2 is 1.74 bits per heavy atom. The first-order valence-electron chi connectivity index (χ1n) is 8.79. The molecule has 0 amide bonds. The Kier molecular flexibility index (Phi) is 8.75. The van der Waals surface area contributed by atoms with Gasteiger partial charge in [-0.2, -0.15) is 4.98 Å². The van der Waals surface area contributed by atoms with Crippen molar-refractivity contribution in [2.75, 3.05) is 26.2 Å². The highest BCUT2D eigenvalue weighted by molar-refractivity contribution is 6.30. The van der Waals surface area contributed by atoms with E-state index in [4.69, 9.17) is 21.9 Å². The van der Waals surface area contributed by atoms with Crippen molar-refractivity contribution in [3.8, 4) is 11.4 Å². The number of hydrogen-bond acceptors (Lipinski definition) is 5. The zero-order valence-electron chi connectivity index (χ0n) is 15.1. The Labute approximate surface area is 170 Å². The molecule has 1 heterocycles. The minimum Gasteiger partial charge on any atom is -0.339 e. The maximum absolute atomic E-state index is 6.02. The van der Waals surface area contributed by atoms with Crippen LogP contribution in [0.4, 0.5) is 0 Å². The predicted molar refractivity (Wildman–Crippen MR) is 111 cm³/mol. The third-order valence-electron chi connectivity index (χ3n) is 4.20. The Bertz CT molecular complexity index is 811. The maximum Gasteiger partial charge on any atom is 0.228 e. The lowest BCUT2D eigenvalue weighted by Crippen LogP contribution is -2.33. The van der Waals surface area contributed by atoms with Gasteiger partial charge in [-0.05, 0) is 24.1 Å². The van der Waals surface area contributed by atoms with Crippen LogP contribution in [0.3, 0.4) is 0 Å². The van der Waals surface area contributed by atoms with Crippen LogP contribution in [0, 0.1) is 0 Å². The predicted octanol–water partition coefficient (Wildman–Crippen LogP) is 3.86. The van der Waals surface area contributed by atoms with Gasteiger partial charge in [0, 0.05) is 43.2 Å². The molecule has 1 aromatic heterocycles. The van der Waals surface area contributed by atoms with E-state index in [1.54, 1.807) is 0 Å². The molecular weight excluding hydrogens is 383 g/mol. The first-order chi connectivity index (χ1) is 12.7. The molecule has 0 aliphatic heterocycles. The molecule has 2 aromatic carbocycles. The highest BCUT2D eigenvalue weighted by Crippen LogP contribution is 2.20. The molecule has 7 heteroatoms. The first kappa shape index (κ1) is 21.4. The van der Waals surface area contributed by atoms with Crippen LogP contribution < -0.4 is 5.73 Å². The summed E-state index contributed by atoms with van der Waals surface area (Å²) in [6.07, 6.45) is 1.70. The van der Waals surface area contributed by atoms with Gasteiger partial charge in [0.1, 0.15) is 0 Å². The van der Waals surface area contributed by atoms with E-state index in [1.165, 1.54) is 5.56 Å². The maximum atomic E-state index is 6.02. The second kappa shape index (κ2) is 11.0. The molecule has 0 fully saturated rings. The van der Waals surface area contributed by atoms with Gasteiger partial charge < -0.3 is 15.2 Å². The number of aromatic nitrogens is 2. The van der Waals surface area contributed by atoms with Gasteiger partial charge in [-0.1, -0.05) is 59.2 Å². The van der Waals surface area contributed by atoms with E-state index in [9.17, 15) is 0 Å². The summed E-state index contributed by atoms with van der Waals surface area (Å²) in [4.78, 5) is 6.81. The zero-order chi connectivity index (χ0) is 18.2. The standard InChI is InChI=1S/C20H23ClN4O.ClH/c21-18-8-4-7-17(15-18)20-23-19(26-24-20)10-13-25(14-11-22)12-9-16-5-2-1-3-6-16;/h1-8,15H,9-14,22H2;1H. The molecule has 0 unspecified atom stereocenters. The van der Waals surface area contributed by atoms with Gasteiger partial charge >= 0.3 is 0 Å². The van der Waals surface area contributed by atoms with Crippen molar-refractivity contribution in [3.63, 3.8) is 0 Å². The summed E-state index contributed by atoms with van der Waals surface area (Å²) in [5, 5.41) is 4.71. The fraction of sp³-hybridized carbons (Fsp3) is 0.300. The molecule has 144 valence electrons. The van der Waals surface area contributed by atoms with Crippen molar-refractivity contribution in [2.45, 2.75) is 12.8 Å². The minimum absolute atomic E-state index is 0. The number of hydrogen-bond donors (Lipinski definition) is 1. The third kappa shape index (κ3) is 6.63. The lowest BCUT2D eigenvalue weighted by atomic mass is 10.1. The van der Waals surface area contributed by atoms with E-state index in [-0.39, 0.29) is 12.4 Å². The van der Waals surface area contributed by atoms with E-state index < -0.39 is 0 Å². The molecule has 0 aliphatic rings. The molecule has 0 aliphatic carbocycles. The Morgan fingerprint density at radius 1 is 0.963 bits per heavy atom. The molecule has 2 N–H and O–H groups in total. The van der Waals surface area contributed by atoms with Crippen LogP contribution in [0.5, 0.6) is 0 Å². The highest BCUT2D eigenvalue weighted by Gasteiger charge is 2.11. The number of rotatable bonds is 9. The first-order valence-corrected chi connectivity index (χ1v) is 9.17. The molecule has 3 rings (SSSR count). The molecular formula is C20H24Cl2N4O. The monoisotopic (exact) mass is 406 g/mol. The van der Waals surface area contributed by atoms with E-state index in [2.05, 4.69) is 39.3 Å². The van der Waals surface area contributed by atoms with Gasteiger partial charge in [0.25, 0.3) is 0 Å². The topological polar surface area (TPSA) is 68.2 Å². The van der Waals surface area contributed by atoms with E-state index in [0.717, 1.165) is 31.6 Å². The number of benzene rings is 2. The lowest BCUT2D eigenvalue weighted by Gasteiger charge is -2.20. The summed E-state index contributed by atoms with van der Waals surface area (Å²) in [5.74, 6) is 1.19. The molecule has 5 nitrogen and oxygen atoms in total. The molecule has 0 saturated heterocycles. The quantitative estimate of drug-likeness (QED) is 0.584. The normalized spacial score (nSPS) is 10.8. The largest absolute Gasteiger partial charge is 0.339 e. The van der Waals surface area contributed by atoms with Gasteiger partial charge in [0.05, 0.1) is 0 Å². The van der Waals surface area contributed by atoms with Gasteiger partial charge in [-0.25, -0.2) is 0 Å². The van der Waals surface area contributed by atoms with Crippen molar-refractivity contribution in [1.82, 2.24) is 15.0 Å². The van der Waals surface area contributed by atoms with Crippen LogP contribution in [0.25, 0.3) is 11.4 Å². The van der Waals surface area contributed by atoms with Crippen LogP contribution in [-0.4, -0.2) is 41.2 Å². The molecule has 0 spiro atoms. The zero-order valence-corrected chi connectivity index (χ0v) is 16.6. The van der Waals surface area contributed by atoms with Crippen LogP contribution >= 0.6 is 24.0 Å². The summed E-state index contributed by atoms with van der Waals surface area (Å²) in [6, 6.07) is 17.9. The van der Waals surface area contributed by atoms with E-state index in [1.807, 2.05) is 30.3 Å². The second-order valence-corrected chi connectivity index (χ2v) is 6.57. The average molecular weight is 407 g/mol. The summed E-state index contributed by atoms with van der Waals surface area (Å²) in [5.41, 5.74) is 7.94. The molecule has 0 atom stereocenters. The van der Waals surface area contributed by atoms with Crippen LogP contribution in [0.1, 0.15) is 11.5 Å². The molecule has 3 aromatic rings. The minimum atomic E-state index is 0. The molecule has 0 radical (unpaired) electrons. The second-order valence-electron chi connectivity index (χ2n) is 6.14. The SMILES string of the molecule is Cl.NCCN(CCc1ccccc1)CCc1nc(-c2cccc(Cl)c2)no1. The number of halogens is 2. The fourth-order valence-electron chi connectivity index (χ4n) is 2.80. The van der Waals surface area contributed by atoms with Gasteiger partial charge in [0.15, 0.2) is 0 Å². The van der Waals surface area contributed by atoms with Crippen LogP contribution in [0.15, 0.2) is 59.1 Å². The summed E-state index contributed by atoms with van der Waals surface area (Å²) in [7, 11) is 0. The lowest BCUT2D eigenvalue weighted by molar-refractivity contribution is 0.272. The van der Waals surface area contributed by atoms with Crippen molar-refractivity contribution in [2.24, 2.45) is 5.73 Å². The van der Waals surface area contributed by atoms with E-state index in [0.29, 0.717) is 29.7 Å². The molecule has 0 bridgehead atoms. The van der Waals surface area contributed by atoms with Crippen molar-refractivity contribution >= 4 is 24.0 Å². The summed E-state index contributed by atoms with van der Waals surface area (Å²) >= 11 is 6.02. The average Bonchev–Trinajstić information content (AvgIpc) is 3.14. The van der Waals surface area contributed by atoms with Gasteiger partial charge in [0.2, 0.25) is 11.7 Å². The van der Waals surface area contributed by atoms with Gasteiger partial charge in [-0.3, -0.25) is 0 Å². The highest BCUT2D eigenvalue weighted by atomic mass is 35.5. The van der Waals surface area contributed by atoms with Crippen molar-refractivity contribution in [1.29, 1.82) is 0 Å². The fourth-order valence-corrected chi connectivity index (χ4v) is 3.00. The summed E-state index contributed by atoms with van der Waals surface area (Å²) < 4.78 is 5.39. The smallest absolute Gasteiger partial charge is 0.228 e. The van der Waals surface area contributed by atoms with Crippen molar-refractivity contribution in [3.05, 3.63) is 71.1 Å². The van der Waals surface area contributed by atoms with Crippen LogP contribution in [-0.2, 0) is 12.8 Å². The molecule has 27 heavy (non-hydrogen) atoms. The van der Waals surface area contributed by atoms with Crippen molar-refractivity contribution < 1.29 is 4.52 Å². The summed E-state index contributed by atoms with van der Waals surface area (Å²) in [6.45, 7) is 3.27.